The molecule has 0 saturated carbocycles. The van der Waals surface area contributed by atoms with Gasteiger partial charge >= 0.3 is 0 Å². The summed E-state index contributed by atoms with van der Waals surface area (Å²) in [6.07, 6.45) is 1.71. The number of methoxy groups -OCH3 is 1. The van der Waals surface area contributed by atoms with Gasteiger partial charge in [0, 0.05) is 7.11 Å². The lowest BCUT2D eigenvalue weighted by Gasteiger charge is -2.13. The molecule has 1 unspecified atom stereocenters. The molecule has 0 aliphatic heterocycles. The van der Waals surface area contributed by atoms with E-state index in [0.717, 1.165) is 11.1 Å². The van der Waals surface area contributed by atoms with Gasteiger partial charge in [-0.3, -0.25) is 4.79 Å². The van der Waals surface area contributed by atoms with Gasteiger partial charge in [-0.25, -0.2) is 0 Å². The molecule has 1 aromatic heterocycles. The average molecular weight is 273 g/mol. The fraction of sp³-hybridized carbons (Fsp3) is 0.312. The summed E-state index contributed by atoms with van der Waals surface area (Å²) in [6.45, 7) is 2.41. The predicted octanol–water partition coefficient (Wildman–Crippen LogP) is 2.63. The molecule has 0 bridgehead atoms. The monoisotopic (exact) mass is 273 g/mol. The van der Waals surface area contributed by atoms with Crippen molar-refractivity contribution in [3.05, 3.63) is 59.5 Å². The summed E-state index contributed by atoms with van der Waals surface area (Å²) in [6, 6.07) is 11.6. The van der Waals surface area contributed by atoms with Crippen LogP contribution >= 0.6 is 0 Å². The normalized spacial score (nSPS) is 12.1. The van der Waals surface area contributed by atoms with E-state index in [9.17, 15) is 4.79 Å². The van der Waals surface area contributed by atoms with Gasteiger partial charge in [-0.1, -0.05) is 29.8 Å². The first-order valence-electron chi connectivity index (χ1n) is 6.57. The second kappa shape index (κ2) is 6.91. The highest BCUT2D eigenvalue weighted by Gasteiger charge is 2.14. The van der Waals surface area contributed by atoms with E-state index >= 15 is 0 Å². The molecule has 1 N–H and O–H groups in total. The highest BCUT2D eigenvalue weighted by atomic mass is 16.5. The minimum atomic E-state index is -0.258. The Labute approximate surface area is 118 Å². The van der Waals surface area contributed by atoms with Crippen molar-refractivity contribution in [1.82, 2.24) is 5.32 Å². The van der Waals surface area contributed by atoms with Crippen molar-refractivity contribution in [3.8, 4) is 0 Å². The summed E-state index contributed by atoms with van der Waals surface area (Å²) in [5.41, 5.74) is 2.16. The van der Waals surface area contributed by atoms with Gasteiger partial charge in [0.2, 0.25) is 5.91 Å². The van der Waals surface area contributed by atoms with Crippen molar-refractivity contribution in [2.75, 3.05) is 13.7 Å². The van der Waals surface area contributed by atoms with Crippen molar-refractivity contribution in [2.45, 2.75) is 19.4 Å². The van der Waals surface area contributed by atoms with Crippen LogP contribution in [0.2, 0.25) is 0 Å². The van der Waals surface area contributed by atoms with Gasteiger partial charge in [0.1, 0.15) is 11.9 Å². The Bertz CT molecular complexity index is 549. The zero-order chi connectivity index (χ0) is 14.4. The smallest absolute Gasteiger partial charge is 0.224 e. The molecule has 1 atom stereocenters. The minimum absolute atomic E-state index is 0.0239. The Balaban J connectivity index is 1.85. The maximum absolute atomic E-state index is 11.9. The number of nitrogens with one attached hydrogen (secondary N) is 1. The Morgan fingerprint density at radius 1 is 1.35 bits per heavy atom. The van der Waals surface area contributed by atoms with Crippen LogP contribution in [0.25, 0.3) is 0 Å². The van der Waals surface area contributed by atoms with Crippen LogP contribution in [-0.4, -0.2) is 19.6 Å². The molecule has 0 saturated heterocycles. The molecule has 0 fully saturated rings. The fourth-order valence-corrected chi connectivity index (χ4v) is 2.05. The molecular weight excluding hydrogens is 254 g/mol. The summed E-state index contributed by atoms with van der Waals surface area (Å²) < 4.78 is 10.6. The van der Waals surface area contributed by atoms with Crippen LogP contribution in [-0.2, 0) is 16.0 Å². The molecular formula is C16H19NO3. The number of aryl methyl sites for hydroxylation is 1. The van der Waals surface area contributed by atoms with Crippen LogP contribution in [0.3, 0.4) is 0 Å². The molecule has 0 spiro atoms. The number of benzene rings is 1. The highest BCUT2D eigenvalue weighted by molar-refractivity contribution is 5.78. The number of rotatable bonds is 6. The lowest BCUT2D eigenvalue weighted by Crippen LogP contribution is -2.30. The Kier molecular flexibility index (Phi) is 4.96. The Morgan fingerprint density at radius 3 is 2.85 bits per heavy atom. The number of hydrogen-bond donors (Lipinski definition) is 1. The first kappa shape index (κ1) is 14.3. The van der Waals surface area contributed by atoms with Crippen molar-refractivity contribution in [3.63, 3.8) is 0 Å². The largest absolute Gasteiger partial charge is 0.467 e. The van der Waals surface area contributed by atoms with E-state index in [0.29, 0.717) is 18.7 Å². The standard InChI is InChI=1S/C16H19NO3/c1-12-5-3-6-13(9-12)10-16(18)17-11-15(19-2)14-7-4-8-20-14/h3-9,15H,10-11H2,1-2H3,(H,17,18). The molecule has 2 rings (SSSR count). The number of carbonyl (C=O) groups excluding carboxylic acids is 1. The molecule has 0 radical (unpaired) electrons. The van der Waals surface area contributed by atoms with Crippen LogP contribution in [0.5, 0.6) is 0 Å². The molecule has 1 heterocycles. The zero-order valence-electron chi connectivity index (χ0n) is 11.8. The lowest BCUT2D eigenvalue weighted by atomic mass is 10.1. The maximum Gasteiger partial charge on any atom is 0.224 e. The number of hydrogen-bond acceptors (Lipinski definition) is 3. The third-order valence-electron chi connectivity index (χ3n) is 3.08. The molecule has 2 aromatic rings. The minimum Gasteiger partial charge on any atom is -0.467 e. The summed E-state index contributed by atoms with van der Waals surface area (Å²) >= 11 is 0. The lowest BCUT2D eigenvalue weighted by molar-refractivity contribution is -0.121. The van der Waals surface area contributed by atoms with Crippen molar-refractivity contribution in [1.29, 1.82) is 0 Å². The average Bonchev–Trinajstić information content (AvgIpc) is 2.93. The summed E-state index contributed by atoms with van der Waals surface area (Å²) in [4.78, 5) is 11.9. The van der Waals surface area contributed by atoms with Crippen LogP contribution in [0, 0.1) is 6.92 Å². The molecule has 4 heteroatoms. The van der Waals surface area contributed by atoms with Gasteiger partial charge in [-0.05, 0) is 24.6 Å². The summed E-state index contributed by atoms with van der Waals surface area (Å²) in [7, 11) is 1.60. The van der Waals surface area contributed by atoms with Crippen molar-refractivity contribution in [2.24, 2.45) is 0 Å². The van der Waals surface area contributed by atoms with E-state index in [1.807, 2.05) is 37.3 Å². The Morgan fingerprint density at radius 2 is 2.20 bits per heavy atom. The second-order valence-corrected chi connectivity index (χ2v) is 4.71. The van der Waals surface area contributed by atoms with Gasteiger partial charge in [-0.15, -0.1) is 0 Å². The van der Waals surface area contributed by atoms with E-state index in [2.05, 4.69) is 5.32 Å². The third kappa shape index (κ3) is 3.96. The Hall–Kier alpha value is -2.07. The molecule has 20 heavy (non-hydrogen) atoms. The van der Waals surface area contributed by atoms with E-state index in [1.165, 1.54) is 0 Å². The number of ether oxygens (including phenoxy) is 1. The van der Waals surface area contributed by atoms with E-state index in [1.54, 1.807) is 19.4 Å². The first-order valence-corrected chi connectivity index (χ1v) is 6.57. The van der Waals surface area contributed by atoms with Crippen molar-refractivity contribution < 1.29 is 13.9 Å². The molecule has 0 aliphatic carbocycles. The quantitative estimate of drug-likeness (QED) is 0.880. The fourth-order valence-electron chi connectivity index (χ4n) is 2.05. The van der Waals surface area contributed by atoms with E-state index in [-0.39, 0.29) is 12.0 Å². The number of furan rings is 1. The van der Waals surface area contributed by atoms with Gasteiger partial charge in [-0.2, -0.15) is 0 Å². The van der Waals surface area contributed by atoms with E-state index in [4.69, 9.17) is 9.15 Å². The maximum atomic E-state index is 11.9. The van der Waals surface area contributed by atoms with Crippen LogP contribution in [0.15, 0.2) is 47.1 Å². The van der Waals surface area contributed by atoms with Crippen molar-refractivity contribution >= 4 is 5.91 Å². The van der Waals surface area contributed by atoms with Gasteiger partial charge in [0.15, 0.2) is 0 Å². The number of amides is 1. The predicted molar refractivity (Wildman–Crippen MR) is 76.4 cm³/mol. The molecule has 1 amide bonds. The van der Waals surface area contributed by atoms with Gasteiger partial charge in [0.25, 0.3) is 0 Å². The highest BCUT2D eigenvalue weighted by Crippen LogP contribution is 2.15. The topological polar surface area (TPSA) is 51.5 Å². The van der Waals surface area contributed by atoms with Crippen LogP contribution in [0.4, 0.5) is 0 Å². The molecule has 4 nitrogen and oxygen atoms in total. The second-order valence-electron chi connectivity index (χ2n) is 4.71. The van der Waals surface area contributed by atoms with E-state index < -0.39 is 0 Å². The summed E-state index contributed by atoms with van der Waals surface area (Å²) in [5.74, 6) is 0.688. The third-order valence-corrected chi connectivity index (χ3v) is 3.08. The molecule has 0 aliphatic rings. The molecule has 1 aromatic carbocycles. The van der Waals surface area contributed by atoms with Crippen LogP contribution < -0.4 is 5.32 Å². The zero-order valence-corrected chi connectivity index (χ0v) is 11.8. The first-order chi connectivity index (χ1) is 9.69. The van der Waals surface area contributed by atoms with Gasteiger partial charge in [0.05, 0.1) is 19.2 Å². The van der Waals surface area contributed by atoms with Gasteiger partial charge < -0.3 is 14.5 Å². The summed E-state index contributed by atoms with van der Waals surface area (Å²) in [5, 5.41) is 2.87. The number of carbonyl (C=O) groups is 1. The molecule has 106 valence electrons. The van der Waals surface area contributed by atoms with Crippen LogP contribution in [0.1, 0.15) is 23.0 Å². The SMILES string of the molecule is COC(CNC(=O)Cc1cccc(C)c1)c1ccco1.